The van der Waals surface area contributed by atoms with Gasteiger partial charge in [-0.1, -0.05) is 29.8 Å². The van der Waals surface area contributed by atoms with Crippen LogP contribution in [0.3, 0.4) is 0 Å². The van der Waals surface area contributed by atoms with Gasteiger partial charge in [0, 0.05) is 16.5 Å². The van der Waals surface area contributed by atoms with Crippen LogP contribution < -0.4 is 5.73 Å². The molecule has 0 atom stereocenters. The molecular formula is C9H13ClNS+. The van der Waals surface area contributed by atoms with Crippen LogP contribution in [0, 0.1) is 0 Å². The summed E-state index contributed by atoms with van der Waals surface area (Å²) in [7, 11) is 0. The molecular weight excluding hydrogens is 190 g/mol. The van der Waals surface area contributed by atoms with Gasteiger partial charge < -0.3 is 5.73 Å². The third-order valence-corrected chi connectivity index (χ3v) is 2.97. The van der Waals surface area contributed by atoms with Crippen LogP contribution in [-0.2, 0) is 5.75 Å². The molecule has 1 nitrogen and oxygen atoms in total. The molecule has 0 aromatic heterocycles. The molecule has 0 saturated carbocycles. The summed E-state index contributed by atoms with van der Waals surface area (Å²) < 4.78 is 0. The highest BCUT2D eigenvalue weighted by molar-refractivity contribution is 7.98. The van der Waals surface area contributed by atoms with Crippen LogP contribution in [0.25, 0.3) is 0 Å². The Kier molecular flexibility index (Phi) is 4.51. The van der Waals surface area contributed by atoms with Crippen molar-refractivity contribution in [3.05, 3.63) is 34.9 Å². The maximum Gasteiger partial charge on any atom is 0.0831 e. The second-order valence-electron chi connectivity index (χ2n) is 2.50. The van der Waals surface area contributed by atoms with Crippen LogP contribution >= 0.6 is 23.4 Å². The summed E-state index contributed by atoms with van der Waals surface area (Å²) in [4.78, 5) is 0. The molecule has 1 rings (SSSR count). The van der Waals surface area contributed by atoms with E-state index in [2.05, 4.69) is 11.8 Å². The van der Waals surface area contributed by atoms with Crippen LogP contribution in [0.2, 0.25) is 5.02 Å². The van der Waals surface area contributed by atoms with Crippen molar-refractivity contribution in [2.45, 2.75) is 5.75 Å². The van der Waals surface area contributed by atoms with Gasteiger partial charge >= 0.3 is 0 Å². The van der Waals surface area contributed by atoms with Crippen molar-refractivity contribution in [1.29, 1.82) is 0 Å². The molecule has 0 heterocycles. The summed E-state index contributed by atoms with van der Waals surface area (Å²) in [5.41, 5.74) is 5.01. The van der Waals surface area contributed by atoms with E-state index in [1.807, 2.05) is 30.0 Å². The Morgan fingerprint density at radius 2 is 2.08 bits per heavy atom. The minimum atomic E-state index is 0.870. The lowest BCUT2D eigenvalue weighted by Crippen LogP contribution is -2.51. The summed E-state index contributed by atoms with van der Waals surface area (Å²) in [6, 6.07) is 7.98. The van der Waals surface area contributed by atoms with Crippen LogP contribution in [0.1, 0.15) is 5.56 Å². The topological polar surface area (TPSA) is 27.6 Å². The molecule has 0 saturated heterocycles. The van der Waals surface area contributed by atoms with E-state index in [0.29, 0.717) is 0 Å². The van der Waals surface area contributed by atoms with Gasteiger partial charge in [0.15, 0.2) is 0 Å². The van der Waals surface area contributed by atoms with Crippen molar-refractivity contribution >= 4 is 23.4 Å². The molecule has 1 aromatic rings. The summed E-state index contributed by atoms with van der Waals surface area (Å²) in [5.74, 6) is 2.10. The van der Waals surface area contributed by atoms with Crippen LogP contribution in [-0.4, -0.2) is 12.3 Å². The van der Waals surface area contributed by atoms with Gasteiger partial charge in [0.2, 0.25) is 0 Å². The Balaban J connectivity index is 2.46. The number of benzene rings is 1. The Morgan fingerprint density at radius 1 is 1.33 bits per heavy atom. The molecule has 66 valence electrons. The molecule has 0 aliphatic heterocycles. The maximum atomic E-state index is 5.97. The van der Waals surface area contributed by atoms with E-state index in [0.717, 1.165) is 23.1 Å². The van der Waals surface area contributed by atoms with Gasteiger partial charge in [-0.25, -0.2) is 0 Å². The fourth-order valence-corrected chi connectivity index (χ4v) is 2.00. The number of thioether (sulfide) groups is 1. The van der Waals surface area contributed by atoms with Gasteiger partial charge in [0.25, 0.3) is 0 Å². The first-order chi connectivity index (χ1) is 5.84. The lowest BCUT2D eigenvalue weighted by Gasteiger charge is -2.01. The first-order valence-corrected chi connectivity index (χ1v) is 5.48. The molecule has 0 unspecified atom stereocenters. The van der Waals surface area contributed by atoms with Crippen molar-refractivity contribution in [3.8, 4) is 0 Å². The van der Waals surface area contributed by atoms with E-state index in [9.17, 15) is 0 Å². The largest absolute Gasteiger partial charge is 0.357 e. The summed E-state index contributed by atoms with van der Waals surface area (Å²) in [6.45, 7) is 0.981. The second-order valence-corrected chi connectivity index (χ2v) is 4.01. The predicted molar refractivity (Wildman–Crippen MR) is 55.4 cm³/mol. The second kappa shape index (κ2) is 5.46. The Morgan fingerprint density at radius 3 is 2.75 bits per heavy atom. The molecule has 0 fully saturated rings. The molecule has 3 heteroatoms. The number of halogens is 1. The van der Waals surface area contributed by atoms with Gasteiger partial charge in [-0.2, -0.15) is 11.8 Å². The van der Waals surface area contributed by atoms with Gasteiger partial charge in [-0.05, 0) is 11.6 Å². The molecule has 3 N–H and O–H groups in total. The number of rotatable bonds is 4. The minimum absolute atomic E-state index is 0.870. The third-order valence-electron chi connectivity index (χ3n) is 1.50. The maximum absolute atomic E-state index is 5.97. The Hall–Kier alpha value is -0.180. The van der Waals surface area contributed by atoms with E-state index >= 15 is 0 Å². The number of hydrogen-bond acceptors (Lipinski definition) is 1. The van der Waals surface area contributed by atoms with E-state index in [1.54, 1.807) is 0 Å². The van der Waals surface area contributed by atoms with Crippen molar-refractivity contribution in [2.75, 3.05) is 12.3 Å². The average molecular weight is 203 g/mol. The SMILES string of the molecule is [NH3+]CCSCc1ccccc1Cl. The van der Waals surface area contributed by atoms with E-state index in [4.69, 9.17) is 11.6 Å². The zero-order valence-corrected chi connectivity index (χ0v) is 8.50. The highest BCUT2D eigenvalue weighted by atomic mass is 35.5. The first-order valence-electron chi connectivity index (χ1n) is 3.95. The molecule has 0 aliphatic rings. The predicted octanol–water partition coefficient (Wildman–Crippen LogP) is 1.82. The zero-order chi connectivity index (χ0) is 8.81. The molecule has 0 radical (unpaired) electrons. The third kappa shape index (κ3) is 3.05. The normalized spacial score (nSPS) is 10.2. The fourth-order valence-electron chi connectivity index (χ4n) is 0.900. The quantitative estimate of drug-likeness (QED) is 0.742. The standard InChI is InChI=1S/C9H12ClNS/c10-9-4-2-1-3-8(9)7-12-6-5-11/h1-4H,5-7,11H2/p+1. The highest BCUT2D eigenvalue weighted by Crippen LogP contribution is 2.19. The number of hydrogen-bond donors (Lipinski definition) is 1. The van der Waals surface area contributed by atoms with Crippen molar-refractivity contribution in [3.63, 3.8) is 0 Å². The Bertz CT molecular complexity index is 240. The van der Waals surface area contributed by atoms with Gasteiger partial charge in [-0.15, -0.1) is 0 Å². The first kappa shape index (κ1) is 9.90. The lowest BCUT2D eigenvalue weighted by molar-refractivity contribution is -0.360. The van der Waals surface area contributed by atoms with E-state index in [1.165, 1.54) is 5.56 Å². The Labute approximate surface area is 82.3 Å². The smallest absolute Gasteiger partial charge is 0.0831 e. The summed E-state index contributed by atoms with van der Waals surface area (Å²) in [5, 5.41) is 0.870. The minimum Gasteiger partial charge on any atom is -0.357 e. The highest BCUT2D eigenvalue weighted by Gasteiger charge is 1.97. The van der Waals surface area contributed by atoms with Crippen molar-refractivity contribution in [1.82, 2.24) is 0 Å². The van der Waals surface area contributed by atoms with Crippen molar-refractivity contribution < 1.29 is 5.73 Å². The van der Waals surface area contributed by atoms with E-state index in [-0.39, 0.29) is 0 Å². The summed E-state index contributed by atoms with van der Waals surface area (Å²) in [6.07, 6.45) is 0. The molecule has 0 bridgehead atoms. The van der Waals surface area contributed by atoms with Crippen LogP contribution in [0.5, 0.6) is 0 Å². The van der Waals surface area contributed by atoms with Crippen molar-refractivity contribution in [2.24, 2.45) is 0 Å². The number of quaternary nitrogens is 1. The van der Waals surface area contributed by atoms with Gasteiger partial charge in [-0.3, -0.25) is 0 Å². The molecule has 12 heavy (non-hydrogen) atoms. The van der Waals surface area contributed by atoms with Crippen LogP contribution in [0.15, 0.2) is 24.3 Å². The van der Waals surface area contributed by atoms with E-state index < -0.39 is 0 Å². The molecule has 0 aliphatic carbocycles. The average Bonchev–Trinajstić information content (AvgIpc) is 2.09. The molecule has 0 spiro atoms. The summed E-state index contributed by atoms with van der Waals surface area (Å²) >= 11 is 7.85. The van der Waals surface area contributed by atoms with Gasteiger partial charge in [0.05, 0.1) is 6.54 Å². The molecule has 0 amide bonds. The monoisotopic (exact) mass is 202 g/mol. The molecule has 1 aromatic carbocycles. The van der Waals surface area contributed by atoms with Crippen LogP contribution in [0.4, 0.5) is 0 Å². The van der Waals surface area contributed by atoms with Gasteiger partial charge in [0.1, 0.15) is 0 Å². The lowest BCUT2D eigenvalue weighted by atomic mass is 10.2. The fraction of sp³-hybridized carbons (Fsp3) is 0.333. The zero-order valence-electron chi connectivity index (χ0n) is 6.92.